The second-order valence-electron chi connectivity index (χ2n) is 7.45. The zero-order chi connectivity index (χ0) is 18.2. The lowest BCUT2D eigenvalue weighted by Gasteiger charge is -2.19. The Labute approximate surface area is 158 Å². The molecule has 2 heterocycles. The molecule has 0 amide bonds. The first-order valence-corrected chi connectivity index (χ1v) is 10.5. The molecule has 2 aromatic rings. The van der Waals surface area contributed by atoms with Gasteiger partial charge in [0.1, 0.15) is 18.1 Å². The van der Waals surface area contributed by atoms with Gasteiger partial charge in [-0.15, -0.1) is 5.10 Å². The van der Waals surface area contributed by atoms with Crippen LogP contribution in [0, 0.1) is 0 Å². The second kappa shape index (κ2) is 9.75. The Morgan fingerprint density at radius 1 is 0.962 bits per heavy atom. The molecule has 4 nitrogen and oxygen atoms in total. The van der Waals surface area contributed by atoms with Crippen LogP contribution in [-0.4, -0.2) is 15.0 Å². The molecule has 3 rings (SSSR count). The Hall–Kier alpha value is -1.84. The molecule has 0 saturated heterocycles. The number of ether oxygens (including phenoxy) is 1. The van der Waals surface area contributed by atoms with Crippen molar-refractivity contribution in [3.05, 3.63) is 29.5 Å². The molecule has 0 radical (unpaired) electrons. The fraction of sp³-hybridized carbons (Fsp3) is 0.636. The van der Waals surface area contributed by atoms with Gasteiger partial charge in [-0.25, -0.2) is 4.68 Å². The maximum absolute atomic E-state index is 5.90. The van der Waals surface area contributed by atoms with Crippen LogP contribution in [-0.2, 0) is 19.6 Å². The minimum Gasteiger partial charge on any atom is -0.486 e. The fourth-order valence-electron chi connectivity index (χ4n) is 3.71. The van der Waals surface area contributed by atoms with E-state index in [2.05, 4.69) is 47.0 Å². The third-order valence-electron chi connectivity index (χ3n) is 5.26. The van der Waals surface area contributed by atoms with Crippen molar-refractivity contribution in [3.8, 4) is 17.0 Å². The van der Waals surface area contributed by atoms with E-state index in [0.29, 0.717) is 6.61 Å². The van der Waals surface area contributed by atoms with E-state index in [-0.39, 0.29) is 0 Å². The first-order valence-electron chi connectivity index (χ1n) is 10.5. The zero-order valence-corrected chi connectivity index (χ0v) is 16.5. The summed E-state index contributed by atoms with van der Waals surface area (Å²) in [7, 11) is 0. The quantitative estimate of drug-likeness (QED) is 0.469. The Bertz CT molecular complexity index is 693. The van der Waals surface area contributed by atoms with Crippen LogP contribution in [0.15, 0.2) is 18.2 Å². The lowest BCUT2D eigenvalue weighted by atomic mass is 10.00. The van der Waals surface area contributed by atoms with Gasteiger partial charge in [0.2, 0.25) is 0 Å². The van der Waals surface area contributed by atoms with E-state index >= 15 is 0 Å². The van der Waals surface area contributed by atoms with Crippen LogP contribution in [0.25, 0.3) is 11.3 Å². The number of hydrogen-bond donors (Lipinski definition) is 0. The van der Waals surface area contributed by atoms with Crippen molar-refractivity contribution >= 4 is 0 Å². The molecule has 0 atom stereocenters. The molecule has 142 valence electrons. The third kappa shape index (κ3) is 4.66. The first-order chi connectivity index (χ1) is 12.8. The van der Waals surface area contributed by atoms with E-state index in [4.69, 9.17) is 4.74 Å². The highest BCUT2D eigenvalue weighted by molar-refractivity contribution is 5.71. The Morgan fingerprint density at radius 3 is 2.58 bits per heavy atom. The van der Waals surface area contributed by atoms with Gasteiger partial charge in [0.05, 0.1) is 5.69 Å². The van der Waals surface area contributed by atoms with Crippen LogP contribution < -0.4 is 4.74 Å². The molecule has 0 saturated carbocycles. The van der Waals surface area contributed by atoms with Crippen molar-refractivity contribution in [2.45, 2.75) is 91.2 Å². The number of nitrogens with zero attached hydrogens (tertiary/aromatic N) is 3. The topological polar surface area (TPSA) is 39.9 Å². The van der Waals surface area contributed by atoms with E-state index in [1.54, 1.807) is 0 Å². The van der Waals surface area contributed by atoms with Crippen LogP contribution in [0.5, 0.6) is 5.75 Å². The molecule has 0 spiro atoms. The van der Waals surface area contributed by atoms with Crippen LogP contribution in [0.3, 0.4) is 0 Å². The van der Waals surface area contributed by atoms with Crippen LogP contribution >= 0.6 is 0 Å². The fourth-order valence-corrected chi connectivity index (χ4v) is 3.71. The highest BCUT2D eigenvalue weighted by Gasteiger charge is 2.23. The number of unbranched alkanes of at least 4 members (excludes halogenated alkanes) is 7. The molecule has 0 aliphatic carbocycles. The van der Waals surface area contributed by atoms with Gasteiger partial charge < -0.3 is 4.74 Å². The highest BCUT2D eigenvalue weighted by Crippen LogP contribution is 2.37. The maximum Gasteiger partial charge on any atom is 0.134 e. The molecule has 1 aromatic heterocycles. The summed E-state index contributed by atoms with van der Waals surface area (Å²) in [4.78, 5) is 0. The van der Waals surface area contributed by atoms with Gasteiger partial charge in [0.15, 0.2) is 0 Å². The van der Waals surface area contributed by atoms with Crippen molar-refractivity contribution in [2.75, 3.05) is 0 Å². The number of aromatic nitrogens is 3. The lowest BCUT2D eigenvalue weighted by Crippen LogP contribution is -2.09. The lowest BCUT2D eigenvalue weighted by molar-refractivity contribution is 0.297. The van der Waals surface area contributed by atoms with Gasteiger partial charge in [-0.3, -0.25) is 0 Å². The number of aryl methyl sites for hydroxylation is 2. The molecular formula is C22H33N3O. The standard InChI is InChI=1S/C22H33N3O/c1-3-5-7-8-9-11-15-25-22-19-16-18(12-10-6-4-2)13-14-21(19)26-17-20(22)23-24-25/h13-14,16H,3-12,15,17H2,1-2H3. The first kappa shape index (κ1) is 18.9. The minimum atomic E-state index is 0.536. The van der Waals surface area contributed by atoms with Gasteiger partial charge in [0.25, 0.3) is 0 Å². The Balaban J connectivity index is 1.68. The molecule has 4 heteroatoms. The number of hydrogen-bond acceptors (Lipinski definition) is 3. The number of benzene rings is 1. The predicted molar refractivity (Wildman–Crippen MR) is 106 cm³/mol. The SMILES string of the molecule is CCCCCCCCn1nnc2c1-c1cc(CCCCC)ccc1OC2. The smallest absolute Gasteiger partial charge is 0.134 e. The van der Waals surface area contributed by atoms with Gasteiger partial charge in [-0.05, 0) is 37.0 Å². The van der Waals surface area contributed by atoms with Gasteiger partial charge in [0, 0.05) is 12.1 Å². The average molecular weight is 356 g/mol. The van der Waals surface area contributed by atoms with E-state index in [1.807, 2.05) is 0 Å². The van der Waals surface area contributed by atoms with Crippen molar-refractivity contribution in [1.29, 1.82) is 0 Å². The van der Waals surface area contributed by atoms with Crippen LogP contribution in [0.4, 0.5) is 0 Å². The summed E-state index contributed by atoms with van der Waals surface area (Å²) >= 11 is 0. The van der Waals surface area contributed by atoms with Gasteiger partial charge in [-0.1, -0.05) is 70.1 Å². The monoisotopic (exact) mass is 355 g/mol. The highest BCUT2D eigenvalue weighted by atomic mass is 16.5. The van der Waals surface area contributed by atoms with E-state index < -0.39 is 0 Å². The third-order valence-corrected chi connectivity index (χ3v) is 5.26. The number of rotatable bonds is 11. The van der Waals surface area contributed by atoms with Crippen molar-refractivity contribution in [2.24, 2.45) is 0 Å². The zero-order valence-electron chi connectivity index (χ0n) is 16.5. The van der Waals surface area contributed by atoms with E-state index in [0.717, 1.165) is 24.4 Å². The molecule has 0 N–H and O–H groups in total. The molecule has 1 aliphatic heterocycles. The maximum atomic E-state index is 5.90. The van der Waals surface area contributed by atoms with E-state index in [9.17, 15) is 0 Å². The summed E-state index contributed by atoms with van der Waals surface area (Å²) in [6.07, 6.45) is 12.7. The Kier molecular flexibility index (Phi) is 7.10. The summed E-state index contributed by atoms with van der Waals surface area (Å²) in [6.45, 7) is 6.00. The van der Waals surface area contributed by atoms with Gasteiger partial charge >= 0.3 is 0 Å². The molecule has 0 fully saturated rings. The number of fused-ring (bicyclic) bond motifs is 3. The van der Waals surface area contributed by atoms with Crippen molar-refractivity contribution in [3.63, 3.8) is 0 Å². The van der Waals surface area contributed by atoms with Crippen molar-refractivity contribution in [1.82, 2.24) is 15.0 Å². The summed E-state index contributed by atoms with van der Waals surface area (Å²) in [5, 5.41) is 8.80. The summed E-state index contributed by atoms with van der Waals surface area (Å²) in [5.74, 6) is 0.975. The largest absolute Gasteiger partial charge is 0.486 e. The average Bonchev–Trinajstić information content (AvgIpc) is 3.08. The normalized spacial score (nSPS) is 12.5. The Morgan fingerprint density at radius 2 is 1.73 bits per heavy atom. The minimum absolute atomic E-state index is 0.536. The molecule has 26 heavy (non-hydrogen) atoms. The van der Waals surface area contributed by atoms with E-state index in [1.165, 1.54) is 74.6 Å². The summed E-state index contributed by atoms with van der Waals surface area (Å²) in [6, 6.07) is 6.63. The molecule has 1 aliphatic rings. The van der Waals surface area contributed by atoms with Crippen LogP contribution in [0.2, 0.25) is 0 Å². The van der Waals surface area contributed by atoms with Gasteiger partial charge in [-0.2, -0.15) is 0 Å². The summed E-state index contributed by atoms with van der Waals surface area (Å²) in [5.41, 5.74) is 4.73. The molecule has 0 bridgehead atoms. The second-order valence-corrected chi connectivity index (χ2v) is 7.45. The van der Waals surface area contributed by atoms with Crippen LogP contribution in [0.1, 0.15) is 82.9 Å². The molecular weight excluding hydrogens is 322 g/mol. The molecule has 1 aromatic carbocycles. The predicted octanol–water partition coefficient (Wildman–Crippen LogP) is 5.93. The molecule has 0 unspecified atom stereocenters. The summed E-state index contributed by atoms with van der Waals surface area (Å²) < 4.78 is 8.00. The van der Waals surface area contributed by atoms with Crippen molar-refractivity contribution < 1.29 is 4.74 Å².